The smallest absolute Gasteiger partial charge is 0.421 e. The monoisotopic (exact) mass is 563 g/mol. The van der Waals surface area contributed by atoms with Gasteiger partial charge >= 0.3 is 12.1 Å². The summed E-state index contributed by atoms with van der Waals surface area (Å²) in [6.07, 6.45) is 1.83. The number of alkyl halides is 3. The molecule has 0 radical (unpaired) electrons. The fourth-order valence-electron chi connectivity index (χ4n) is 4.83. The van der Waals surface area contributed by atoms with Gasteiger partial charge in [-0.05, 0) is 57.1 Å². The van der Waals surface area contributed by atoms with Crippen molar-refractivity contribution in [3.63, 3.8) is 0 Å². The van der Waals surface area contributed by atoms with E-state index in [-0.39, 0.29) is 29.6 Å². The number of aromatic carboxylic acids is 1. The van der Waals surface area contributed by atoms with Crippen LogP contribution < -0.4 is 9.64 Å². The Balaban J connectivity index is 1.70. The molecular formula is C27H29F4N5O4. The second kappa shape index (κ2) is 11.6. The van der Waals surface area contributed by atoms with Gasteiger partial charge in [0.2, 0.25) is 11.8 Å². The molecule has 1 aromatic carbocycles. The van der Waals surface area contributed by atoms with E-state index in [1.54, 1.807) is 13.8 Å². The number of hydrogen-bond acceptors (Lipinski definition) is 6. The number of aromatic nitrogens is 4. The molecule has 1 amide bonds. The van der Waals surface area contributed by atoms with E-state index in [0.717, 1.165) is 37.2 Å². The van der Waals surface area contributed by atoms with E-state index in [1.165, 1.54) is 22.1 Å². The highest BCUT2D eigenvalue weighted by Gasteiger charge is 2.37. The number of amides is 1. The molecule has 0 bridgehead atoms. The molecule has 2 heterocycles. The first-order valence-electron chi connectivity index (χ1n) is 12.8. The number of pyridine rings is 1. The average Bonchev–Trinajstić information content (AvgIpc) is 3.39. The van der Waals surface area contributed by atoms with Gasteiger partial charge in [-0.3, -0.25) is 4.79 Å². The molecule has 4 rings (SSSR count). The summed E-state index contributed by atoms with van der Waals surface area (Å²) in [6, 6.07) is 1.89. The molecule has 3 aromatic rings. The highest BCUT2D eigenvalue weighted by molar-refractivity contribution is 6.03. The van der Waals surface area contributed by atoms with Crippen LogP contribution in [0.3, 0.4) is 0 Å². The van der Waals surface area contributed by atoms with Gasteiger partial charge < -0.3 is 19.3 Å². The minimum Gasteiger partial charge on any atom is -0.478 e. The van der Waals surface area contributed by atoms with Crippen molar-refractivity contribution in [1.29, 1.82) is 0 Å². The topological polar surface area (TPSA) is 110 Å². The van der Waals surface area contributed by atoms with Crippen molar-refractivity contribution in [2.75, 3.05) is 4.90 Å². The Morgan fingerprint density at radius 2 is 1.77 bits per heavy atom. The predicted octanol–water partition coefficient (Wildman–Crippen LogP) is 5.94. The SMILES string of the molecule is CC(C)N(c1cc(F)c(Oc2ncc(Cn3cnnc3)cc2C(F)(F)F)cc1C(=O)O)C(=O)[C@H]1CC[C@H](C)CC1. The van der Waals surface area contributed by atoms with Crippen molar-refractivity contribution in [2.24, 2.45) is 11.8 Å². The van der Waals surface area contributed by atoms with Crippen LogP contribution in [-0.4, -0.2) is 42.8 Å². The summed E-state index contributed by atoms with van der Waals surface area (Å²) in [5, 5.41) is 17.1. The van der Waals surface area contributed by atoms with Crippen LogP contribution in [0.15, 0.2) is 37.1 Å². The molecule has 9 nitrogen and oxygen atoms in total. The molecule has 0 atom stereocenters. The molecule has 214 valence electrons. The molecule has 0 aliphatic heterocycles. The van der Waals surface area contributed by atoms with Crippen LogP contribution in [0, 0.1) is 17.7 Å². The summed E-state index contributed by atoms with van der Waals surface area (Å²) in [5.74, 6) is -4.53. The zero-order valence-corrected chi connectivity index (χ0v) is 22.2. The number of carboxylic acid groups (broad SMARTS) is 1. The third-order valence-electron chi connectivity index (χ3n) is 6.91. The normalized spacial score (nSPS) is 17.6. The zero-order valence-electron chi connectivity index (χ0n) is 22.2. The lowest BCUT2D eigenvalue weighted by Crippen LogP contribution is -2.43. The molecule has 1 aliphatic carbocycles. The number of ether oxygens (including phenoxy) is 1. The second-order valence-corrected chi connectivity index (χ2v) is 10.3. The van der Waals surface area contributed by atoms with Crippen molar-refractivity contribution in [2.45, 2.75) is 65.2 Å². The summed E-state index contributed by atoms with van der Waals surface area (Å²) in [7, 11) is 0. The minimum absolute atomic E-state index is 0.00540. The number of nitrogens with zero attached hydrogens (tertiary/aromatic N) is 5. The first-order chi connectivity index (χ1) is 18.8. The Kier molecular flexibility index (Phi) is 8.40. The summed E-state index contributed by atoms with van der Waals surface area (Å²) < 4.78 is 63.6. The van der Waals surface area contributed by atoms with Gasteiger partial charge in [-0.25, -0.2) is 14.2 Å². The van der Waals surface area contributed by atoms with E-state index < -0.39 is 46.8 Å². The fourth-order valence-corrected chi connectivity index (χ4v) is 4.83. The number of carbonyl (C=O) groups is 2. The minimum atomic E-state index is -4.91. The van der Waals surface area contributed by atoms with Crippen LogP contribution in [0.1, 0.15) is 67.9 Å². The lowest BCUT2D eigenvalue weighted by Gasteiger charge is -2.34. The quantitative estimate of drug-likeness (QED) is 0.338. The van der Waals surface area contributed by atoms with E-state index in [4.69, 9.17) is 4.74 Å². The number of hydrogen-bond donors (Lipinski definition) is 1. The maximum absolute atomic E-state index is 15.3. The van der Waals surface area contributed by atoms with Crippen LogP contribution in [0.2, 0.25) is 0 Å². The number of carboxylic acids is 1. The number of anilines is 1. The van der Waals surface area contributed by atoms with Crippen molar-refractivity contribution < 1.29 is 37.0 Å². The summed E-state index contributed by atoms with van der Waals surface area (Å²) >= 11 is 0. The Labute approximate surface area is 227 Å². The highest BCUT2D eigenvalue weighted by atomic mass is 19.4. The molecule has 13 heteroatoms. The van der Waals surface area contributed by atoms with Crippen molar-refractivity contribution in [1.82, 2.24) is 19.7 Å². The van der Waals surface area contributed by atoms with Gasteiger partial charge in [0.15, 0.2) is 11.6 Å². The van der Waals surface area contributed by atoms with Crippen molar-refractivity contribution in [3.05, 3.63) is 59.6 Å². The van der Waals surface area contributed by atoms with Crippen LogP contribution in [0.25, 0.3) is 0 Å². The summed E-state index contributed by atoms with van der Waals surface area (Å²) in [6.45, 7) is 5.45. The zero-order chi connectivity index (χ0) is 29.2. The Bertz CT molecular complexity index is 1370. The molecule has 40 heavy (non-hydrogen) atoms. The van der Waals surface area contributed by atoms with Crippen molar-refractivity contribution >= 4 is 17.6 Å². The van der Waals surface area contributed by atoms with E-state index in [1.807, 2.05) is 0 Å². The molecule has 1 saturated carbocycles. The molecular weight excluding hydrogens is 534 g/mol. The number of halogens is 4. The molecule has 0 unspecified atom stereocenters. The first-order valence-corrected chi connectivity index (χ1v) is 12.8. The van der Waals surface area contributed by atoms with E-state index in [2.05, 4.69) is 22.1 Å². The van der Waals surface area contributed by atoms with Gasteiger partial charge in [0, 0.05) is 30.3 Å². The molecule has 1 N–H and O–H groups in total. The Morgan fingerprint density at radius 3 is 2.35 bits per heavy atom. The first kappa shape index (κ1) is 29.0. The number of rotatable bonds is 8. The maximum Gasteiger partial charge on any atom is 0.421 e. The van der Waals surface area contributed by atoms with Gasteiger partial charge in [-0.15, -0.1) is 10.2 Å². The lowest BCUT2D eigenvalue weighted by molar-refractivity contribution is -0.139. The van der Waals surface area contributed by atoms with E-state index in [9.17, 15) is 27.9 Å². The highest BCUT2D eigenvalue weighted by Crippen LogP contribution is 2.40. The van der Waals surface area contributed by atoms with Gasteiger partial charge in [0.1, 0.15) is 18.2 Å². The van der Waals surface area contributed by atoms with Crippen molar-refractivity contribution in [3.8, 4) is 11.6 Å². The largest absolute Gasteiger partial charge is 0.478 e. The molecule has 0 spiro atoms. The third-order valence-corrected chi connectivity index (χ3v) is 6.91. The van der Waals surface area contributed by atoms with Crippen LogP contribution in [0.4, 0.5) is 23.2 Å². The Hall–Kier alpha value is -4.03. The molecule has 2 aromatic heterocycles. The number of benzene rings is 1. The fraction of sp³-hybridized carbons (Fsp3) is 0.444. The molecule has 1 aliphatic rings. The van der Waals surface area contributed by atoms with Gasteiger partial charge in [0.05, 0.1) is 17.8 Å². The molecule has 0 saturated heterocycles. The standard InChI is InChI=1S/C27H29F4N5O4/c1-15(2)36(25(37)18-6-4-16(3)5-7-18)22-10-21(28)23(9-19(22)26(38)39)40-24-20(27(29,30)31)8-17(11-32-24)12-35-13-33-34-14-35/h8-11,13-16,18H,4-7,12H2,1-3H3,(H,38,39)/t16-,18-. The average molecular weight is 564 g/mol. The summed E-state index contributed by atoms with van der Waals surface area (Å²) in [4.78, 5) is 30.6. The second-order valence-electron chi connectivity index (χ2n) is 10.3. The van der Waals surface area contributed by atoms with Crippen LogP contribution in [0.5, 0.6) is 11.6 Å². The molecule has 1 fully saturated rings. The van der Waals surface area contributed by atoms with E-state index in [0.29, 0.717) is 18.8 Å². The van der Waals surface area contributed by atoms with E-state index >= 15 is 4.39 Å². The Morgan fingerprint density at radius 1 is 1.12 bits per heavy atom. The summed E-state index contributed by atoms with van der Waals surface area (Å²) in [5.41, 5.74) is -1.79. The van der Waals surface area contributed by atoms with Gasteiger partial charge in [0.25, 0.3) is 0 Å². The maximum atomic E-state index is 15.3. The predicted molar refractivity (Wildman–Crippen MR) is 136 cm³/mol. The third kappa shape index (κ3) is 6.40. The van der Waals surface area contributed by atoms with Crippen LogP contribution >= 0.6 is 0 Å². The van der Waals surface area contributed by atoms with Gasteiger partial charge in [-0.2, -0.15) is 13.2 Å². The number of carbonyl (C=O) groups excluding carboxylic acids is 1. The van der Waals surface area contributed by atoms with Crippen LogP contribution in [-0.2, 0) is 17.5 Å². The van der Waals surface area contributed by atoms with Gasteiger partial charge in [-0.1, -0.05) is 6.92 Å². The lowest BCUT2D eigenvalue weighted by atomic mass is 9.82.